The number of rotatable bonds is 4. The van der Waals surface area contributed by atoms with Gasteiger partial charge in [-0.2, -0.15) is 0 Å². The van der Waals surface area contributed by atoms with E-state index in [9.17, 15) is 0 Å². The summed E-state index contributed by atoms with van der Waals surface area (Å²) in [5, 5.41) is 4.92. The minimum Gasteiger partial charge on any atom is -0.122 e. The van der Waals surface area contributed by atoms with Crippen LogP contribution in [0.3, 0.4) is 0 Å². The van der Waals surface area contributed by atoms with Gasteiger partial charge in [0, 0.05) is 5.88 Å². The van der Waals surface area contributed by atoms with Crippen molar-refractivity contribution < 1.29 is 0 Å². The van der Waals surface area contributed by atoms with E-state index in [0.717, 1.165) is 0 Å². The maximum Gasteiger partial charge on any atom is 0.0486 e. The lowest BCUT2D eigenvalue weighted by Crippen LogP contribution is -1.96. The average molecular weight is 455 g/mol. The molecule has 0 fully saturated rings. The van der Waals surface area contributed by atoms with Crippen molar-refractivity contribution >= 4 is 33.1 Å². The smallest absolute Gasteiger partial charge is 0.0486 e. The summed E-state index contributed by atoms with van der Waals surface area (Å²) in [6, 6.07) is 45.4. The molecular weight excluding hydrogens is 432 g/mol. The molecule has 0 unspecified atom stereocenters. The van der Waals surface area contributed by atoms with Gasteiger partial charge in [0.25, 0.3) is 0 Å². The lowest BCUT2D eigenvalue weighted by atomic mass is 9.85. The Morgan fingerprint density at radius 1 is 0.441 bits per heavy atom. The molecule has 6 rings (SSSR count). The Balaban J connectivity index is 1.76. The van der Waals surface area contributed by atoms with Crippen LogP contribution in [-0.2, 0) is 5.88 Å². The van der Waals surface area contributed by atoms with E-state index in [0.29, 0.717) is 5.88 Å². The molecule has 0 heterocycles. The minimum atomic E-state index is 0.439. The van der Waals surface area contributed by atoms with E-state index in [4.69, 9.17) is 11.6 Å². The lowest BCUT2D eigenvalue weighted by Gasteiger charge is -2.20. The van der Waals surface area contributed by atoms with Crippen molar-refractivity contribution in [2.24, 2.45) is 0 Å². The van der Waals surface area contributed by atoms with Gasteiger partial charge in [-0.15, -0.1) is 11.6 Å². The second kappa shape index (κ2) is 8.82. The highest BCUT2D eigenvalue weighted by atomic mass is 35.5. The summed E-state index contributed by atoms with van der Waals surface area (Å²) in [5.74, 6) is 0.439. The van der Waals surface area contributed by atoms with Crippen LogP contribution in [0.15, 0.2) is 127 Å². The molecule has 1 heteroatoms. The standard InChI is InChI=1S/C33H23Cl/c34-22-32-30(24-13-5-2-6-14-24)20-26-16-8-10-18-29(26)33(32)31-21-27(23-11-3-1-4-12-23)19-25-15-7-9-17-28(25)31/h1-21H,22H2. The number of fused-ring (bicyclic) bond motifs is 2. The predicted molar refractivity (Wildman–Crippen MR) is 147 cm³/mol. The lowest BCUT2D eigenvalue weighted by molar-refractivity contribution is 1.41. The van der Waals surface area contributed by atoms with Gasteiger partial charge in [0.15, 0.2) is 0 Å². The van der Waals surface area contributed by atoms with E-state index in [1.807, 2.05) is 0 Å². The van der Waals surface area contributed by atoms with Crippen molar-refractivity contribution in [1.82, 2.24) is 0 Å². The second-order valence-corrected chi connectivity index (χ2v) is 8.88. The molecular formula is C33H23Cl. The molecule has 162 valence electrons. The molecule has 0 saturated heterocycles. The van der Waals surface area contributed by atoms with Crippen LogP contribution in [0.2, 0.25) is 0 Å². The van der Waals surface area contributed by atoms with Crippen LogP contribution in [0.4, 0.5) is 0 Å². The summed E-state index contributed by atoms with van der Waals surface area (Å²) >= 11 is 6.75. The van der Waals surface area contributed by atoms with Crippen LogP contribution in [0.1, 0.15) is 5.56 Å². The fourth-order valence-electron chi connectivity index (χ4n) is 5.03. The fraction of sp³-hybridized carbons (Fsp3) is 0.0303. The third-order valence-electron chi connectivity index (χ3n) is 6.61. The zero-order valence-electron chi connectivity index (χ0n) is 18.7. The predicted octanol–water partition coefficient (Wildman–Crippen LogP) is 9.73. The monoisotopic (exact) mass is 454 g/mol. The molecule has 0 saturated carbocycles. The molecule has 0 radical (unpaired) electrons. The highest BCUT2D eigenvalue weighted by Gasteiger charge is 2.18. The molecule has 0 aromatic heterocycles. The maximum atomic E-state index is 6.75. The number of alkyl halides is 1. The molecule has 0 spiro atoms. The van der Waals surface area contributed by atoms with Crippen LogP contribution in [0, 0.1) is 0 Å². The second-order valence-electron chi connectivity index (χ2n) is 8.61. The average Bonchev–Trinajstić information content (AvgIpc) is 2.92. The van der Waals surface area contributed by atoms with Crippen LogP contribution < -0.4 is 0 Å². The van der Waals surface area contributed by atoms with E-state index >= 15 is 0 Å². The molecule has 0 amide bonds. The highest BCUT2D eigenvalue weighted by Crippen LogP contribution is 2.43. The molecule has 34 heavy (non-hydrogen) atoms. The van der Waals surface area contributed by atoms with Crippen LogP contribution in [-0.4, -0.2) is 0 Å². The van der Waals surface area contributed by atoms with Gasteiger partial charge in [0.1, 0.15) is 0 Å². The Bertz CT molecular complexity index is 1620. The number of hydrogen-bond acceptors (Lipinski definition) is 0. The first-order chi connectivity index (χ1) is 16.8. The molecule has 0 nitrogen and oxygen atoms in total. The Kier molecular flexibility index (Phi) is 5.37. The van der Waals surface area contributed by atoms with Crippen LogP contribution in [0.25, 0.3) is 54.9 Å². The van der Waals surface area contributed by atoms with Crippen LogP contribution >= 0.6 is 11.6 Å². The van der Waals surface area contributed by atoms with Crippen molar-refractivity contribution in [1.29, 1.82) is 0 Å². The van der Waals surface area contributed by atoms with Crippen molar-refractivity contribution in [2.75, 3.05) is 0 Å². The zero-order chi connectivity index (χ0) is 22.9. The van der Waals surface area contributed by atoms with Crippen molar-refractivity contribution in [2.45, 2.75) is 5.88 Å². The molecule has 0 N–H and O–H groups in total. The summed E-state index contributed by atoms with van der Waals surface area (Å²) in [7, 11) is 0. The fourth-order valence-corrected chi connectivity index (χ4v) is 5.30. The summed E-state index contributed by atoms with van der Waals surface area (Å²) in [4.78, 5) is 0. The van der Waals surface area contributed by atoms with Gasteiger partial charge in [-0.05, 0) is 78.7 Å². The molecule has 0 aliphatic heterocycles. The third kappa shape index (κ3) is 3.57. The van der Waals surface area contributed by atoms with Gasteiger partial charge >= 0.3 is 0 Å². The van der Waals surface area contributed by atoms with Gasteiger partial charge in [0.2, 0.25) is 0 Å². The number of halogens is 1. The summed E-state index contributed by atoms with van der Waals surface area (Å²) < 4.78 is 0. The van der Waals surface area contributed by atoms with Crippen molar-refractivity contribution in [3.63, 3.8) is 0 Å². The first-order valence-electron chi connectivity index (χ1n) is 11.6. The number of benzene rings is 6. The van der Waals surface area contributed by atoms with E-state index < -0.39 is 0 Å². The van der Waals surface area contributed by atoms with Gasteiger partial charge in [-0.1, -0.05) is 109 Å². The normalized spacial score (nSPS) is 11.2. The first kappa shape index (κ1) is 20.7. The summed E-state index contributed by atoms with van der Waals surface area (Å²) in [5.41, 5.74) is 8.42. The first-order valence-corrected chi connectivity index (χ1v) is 12.1. The minimum absolute atomic E-state index is 0.439. The molecule has 0 bridgehead atoms. The summed E-state index contributed by atoms with van der Waals surface area (Å²) in [6.07, 6.45) is 0. The van der Waals surface area contributed by atoms with Gasteiger partial charge in [-0.25, -0.2) is 0 Å². The van der Waals surface area contributed by atoms with E-state index in [1.165, 1.54) is 60.5 Å². The molecule has 6 aromatic carbocycles. The maximum absolute atomic E-state index is 6.75. The molecule has 0 atom stereocenters. The largest absolute Gasteiger partial charge is 0.122 e. The van der Waals surface area contributed by atoms with Gasteiger partial charge < -0.3 is 0 Å². The Labute approximate surface area is 205 Å². The quantitative estimate of drug-likeness (QED) is 0.232. The Hall–Kier alpha value is -3.87. The third-order valence-corrected chi connectivity index (χ3v) is 6.88. The van der Waals surface area contributed by atoms with E-state index in [2.05, 4.69) is 127 Å². The summed E-state index contributed by atoms with van der Waals surface area (Å²) in [6.45, 7) is 0. The Morgan fingerprint density at radius 2 is 1.00 bits per heavy atom. The SMILES string of the molecule is ClCc1c(-c2ccccc2)cc2ccccc2c1-c1cc(-c2ccccc2)cc2ccccc12. The topological polar surface area (TPSA) is 0 Å². The highest BCUT2D eigenvalue weighted by molar-refractivity contribution is 6.20. The molecule has 0 aliphatic carbocycles. The molecule has 0 aliphatic rings. The van der Waals surface area contributed by atoms with Crippen LogP contribution in [0.5, 0.6) is 0 Å². The van der Waals surface area contributed by atoms with Gasteiger partial charge in [-0.3, -0.25) is 0 Å². The number of hydrogen-bond donors (Lipinski definition) is 0. The van der Waals surface area contributed by atoms with Crippen molar-refractivity contribution in [3.05, 3.63) is 133 Å². The zero-order valence-corrected chi connectivity index (χ0v) is 19.5. The Morgan fingerprint density at radius 3 is 1.68 bits per heavy atom. The van der Waals surface area contributed by atoms with E-state index in [1.54, 1.807) is 0 Å². The van der Waals surface area contributed by atoms with E-state index in [-0.39, 0.29) is 0 Å². The molecule has 6 aromatic rings. The van der Waals surface area contributed by atoms with Gasteiger partial charge in [0.05, 0.1) is 0 Å². The van der Waals surface area contributed by atoms with Crippen molar-refractivity contribution in [3.8, 4) is 33.4 Å².